The number of phenolic OH excluding ortho intramolecular Hbond substituents is 1. The lowest BCUT2D eigenvalue weighted by Crippen LogP contribution is -2.33. The Bertz CT molecular complexity index is 1210. The maximum atomic E-state index is 12.5. The summed E-state index contributed by atoms with van der Waals surface area (Å²) >= 11 is 1.48. The van der Waals surface area contributed by atoms with E-state index >= 15 is 0 Å². The molecular formula is C24H28N4O3S2. The number of likely N-dealkylation sites (tertiary alicyclic amines) is 1. The summed E-state index contributed by atoms with van der Waals surface area (Å²) in [5.41, 5.74) is 2.79. The molecule has 3 N–H and O–H groups in total. The van der Waals surface area contributed by atoms with Crippen LogP contribution in [0.3, 0.4) is 0 Å². The Labute approximate surface area is 198 Å². The van der Waals surface area contributed by atoms with Gasteiger partial charge in [-0.3, -0.25) is 0 Å². The molecule has 2 aromatic carbocycles. The Morgan fingerprint density at radius 1 is 1.12 bits per heavy atom. The van der Waals surface area contributed by atoms with Gasteiger partial charge in [0.15, 0.2) is 5.13 Å². The van der Waals surface area contributed by atoms with Crippen LogP contribution < -0.4 is 10.0 Å². The molecule has 1 aliphatic heterocycles. The number of anilines is 2. The first-order chi connectivity index (χ1) is 15.9. The van der Waals surface area contributed by atoms with Gasteiger partial charge in [0.1, 0.15) is 5.75 Å². The summed E-state index contributed by atoms with van der Waals surface area (Å²) in [4.78, 5) is 7.87. The minimum absolute atomic E-state index is 0.235. The quantitative estimate of drug-likeness (QED) is 0.416. The highest BCUT2D eigenvalue weighted by Gasteiger charge is 2.16. The number of aryl methyl sites for hydroxylation is 1. The molecule has 33 heavy (non-hydrogen) atoms. The molecule has 2 heterocycles. The molecule has 1 aliphatic rings. The zero-order valence-electron chi connectivity index (χ0n) is 18.5. The summed E-state index contributed by atoms with van der Waals surface area (Å²) < 4.78 is 27.7. The van der Waals surface area contributed by atoms with Crippen LogP contribution >= 0.6 is 11.3 Å². The van der Waals surface area contributed by atoms with E-state index in [4.69, 9.17) is 0 Å². The fourth-order valence-corrected chi connectivity index (χ4v) is 5.43. The number of hydrogen-bond donors (Lipinski definition) is 3. The topological polar surface area (TPSA) is 94.6 Å². The van der Waals surface area contributed by atoms with E-state index in [0.717, 1.165) is 41.3 Å². The molecule has 0 amide bonds. The average molecular weight is 485 g/mol. The molecule has 1 fully saturated rings. The second-order valence-corrected chi connectivity index (χ2v) is 10.9. The number of rotatable bonds is 9. The summed E-state index contributed by atoms with van der Waals surface area (Å²) in [7, 11) is -3.52. The highest BCUT2D eigenvalue weighted by Crippen LogP contribution is 2.26. The summed E-state index contributed by atoms with van der Waals surface area (Å²) in [6.07, 6.45) is 8.05. The van der Waals surface area contributed by atoms with Crippen LogP contribution in [-0.2, 0) is 10.0 Å². The summed E-state index contributed by atoms with van der Waals surface area (Å²) in [6, 6.07) is 11.9. The van der Waals surface area contributed by atoms with Crippen LogP contribution in [0.1, 0.15) is 28.8 Å². The van der Waals surface area contributed by atoms with Gasteiger partial charge in [-0.2, -0.15) is 0 Å². The number of hydrogen-bond acceptors (Lipinski definition) is 7. The molecule has 0 bridgehead atoms. The molecule has 0 spiro atoms. The summed E-state index contributed by atoms with van der Waals surface area (Å²) in [6.45, 7) is 5.24. The highest BCUT2D eigenvalue weighted by molar-refractivity contribution is 7.89. The van der Waals surface area contributed by atoms with Crippen LogP contribution in [0.25, 0.3) is 12.2 Å². The number of benzene rings is 2. The minimum atomic E-state index is -3.52. The predicted octanol–water partition coefficient (Wildman–Crippen LogP) is 4.45. The normalized spacial score (nSPS) is 14.8. The largest absolute Gasteiger partial charge is 0.508 e. The number of aromatic nitrogens is 1. The second kappa shape index (κ2) is 10.5. The van der Waals surface area contributed by atoms with Crippen molar-refractivity contribution < 1.29 is 13.5 Å². The van der Waals surface area contributed by atoms with Crippen LogP contribution in [0.5, 0.6) is 5.75 Å². The van der Waals surface area contributed by atoms with Gasteiger partial charge in [0.05, 0.1) is 4.90 Å². The maximum absolute atomic E-state index is 12.5. The third-order valence-corrected chi connectivity index (χ3v) is 7.90. The van der Waals surface area contributed by atoms with Gasteiger partial charge in [0, 0.05) is 29.9 Å². The van der Waals surface area contributed by atoms with E-state index in [0.29, 0.717) is 11.7 Å². The molecule has 0 saturated carbocycles. The summed E-state index contributed by atoms with van der Waals surface area (Å²) in [5.74, 6) is 0.235. The van der Waals surface area contributed by atoms with Crippen molar-refractivity contribution in [2.24, 2.45) is 0 Å². The maximum Gasteiger partial charge on any atom is 0.240 e. The molecule has 1 aromatic heterocycles. The number of phenols is 1. The second-order valence-electron chi connectivity index (χ2n) is 8.04. The molecule has 0 atom stereocenters. The fraction of sp³-hybridized carbons (Fsp3) is 0.292. The lowest BCUT2D eigenvalue weighted by molar-refractivity contribution is 0.344. The van der Waals surface area contributed by atoms with Gasteiger partial charge >= 0.3 is 0 Å². The van der Waals surface area contributed by atoms with Gasteiger partial charge in [-0.05, 0) is 86.5 Å². The third kappa shape index (κ3) is 6.42. The predicted molar refractivity (Wildman–Crippen MR) is 134 cm³/mol. The first kappa shape index (κ1) is 23.4. The van der Waals surface area contributed by atoms with Gasteiger partial charge in [0.2, 0.25) is 10.0 Å². The van der Waals surface area contributed by atoms with Crippen molar-refractivity contribution in [3.8, 4) is 5.75 Å². The minimum Gasteiger partial charge on any atom is -0.508 e. The monoisotopic (exact) mass is 484 g/mol. The molecule has 0 unspecified atom stereocenters. The van der Waals surface area contributed by atoms with E-state index in [-0.39, 0.29) is 10.6 Å². The SMILES string of the molecule is Cc1ccc(O)cc1/C=C/c1cnc(Nc2ccc(S(=O)(=O)NCCN3CCCC3)cc2)s1. The van der Waals surface area contributed by atoms with Crippen molar-refractivity contribution in [3.05, 3.63) is 64.7 Å². The third-order valence-electron chi connectivity index (χ3n) is 5.55. The van der Waals surface area contributed by atoms with Crippen LogP contribution in [0, 0.1) is 6.92 Å². The van der Waals surface area contributed by atoms with E-state index in [1.54, 1.807) is 42.6 Å². The molecule has 174 valence electrons. The Hall–Kier alpha value is -2.72. The van der Waals surface area contributed by atoms with E-state index in [2.05, 4.69) is 19.9 Å². The average Bonchev–Trinajstić information content (AvgIpc) is 3.47. The van der Waals surface area contributed by atoms with Crippen LogP contribution in [0.2, 0.25) is 0 Å². The Morgan fingerprint density at radius 3 is 2.64 bits per heavy atom. The smallest absolute Gasteiger partial charge is 0.240 e. The molecule has 1 saturated heterocycles. The Kier molecular flexibility index (Phi) is 7.44. The lowest BCUT2D eigenvalue weighted by Gasteiger charge is -2.15. The number of thiazole rings is 1. The van der Waals surface area contributed by atoms with Crippen LogP contribution in [-0.4, -0.2) is 49.6 Å². The van der Waals surface area contributed by atoms with Crippen molar-refractivity contribution >= 4 is 44.3 Å². The lowest BCUT2D eigenvalue weighted by atomic mass is 10.1. The van der Waals surface area contributed by atoms with Gasteiger partial charge in [-0.15, -0.1) is 0 Å². The van der Waals surface area contributed by atoms with Gasteiger partial charge in [-0.25, -0.2) is 18.1 Å². The Balaban J connectivity index is 1.33. The first-order valence-corrected chi connectivity index (χ1v) is 13.2. The number of nitrogens with zero attached hydrogens (tertiary/aromatic N) is 2. The van der Waals surface area contributed by atoms with Gasteiger partial charge in [-0.1, -0.05) is 23.5 Å². The standard InChI is InChI=1S/C24H28N4O3S2/c1-18-4-8-21(29)16-19(18)5-9-22-17-25-24(32-22)27-20-6-10-23(11-7-20)33(30,31)26-12-15-28-13-2-3-14-28/h4-11,16-17,26,29H,2-3,12-15H2,1H3,(H,25,27)/b9-5+. The molecule has 0 aliphatic carbocycles. The van der Waals surface area contributed by atoms with Gasteiger partial charge < -0.3 is 15.3 Å². The van der Waals surface area contributed by atoms with Crippen molar-refractivity contribution in [1.82, 2.24) is 14.6 Å². The van der Waals surface area contributed by atoms with Crippen molar-refractivity contribution in [3.63, 3.8) is 0 Å². The zero-order valence-corrected chi connectivity index (χ0v) is 20.1. The molecular weight excluding hydrogens is 456 g/mol. The number of sulfonamides is 1. The number of aromatic hydroxyl groups is 1. The van der Waals surface area contributed by atoms with Crippen molar-refractivity contribution in [2.75, 3.05) is 31.5 Å². The van der Waals surface area contributed by atoms with E-state index in [9.17, 15) is 13.5 Å². The molecule has 9 heteroatoms. The highest BCUT2D eigenvalue weighted by atomic mass is 32.2. The van der Waals surface area contributed by atoms with Gasteiger partial charge in [0.25, 0.3) is 0 Å². The Morgan fingerprint density at radius 2 is 1.88 bits per heavy atom. The summed E-state index contributed by atoms with van der Waals surface area (Å²) in [5, 5.41) is 13.6. The van der Waals surface area contributed by atoms with Crippen LogP contribution in [0.4, 0.5) is 10.8 Å². The zero-order chi connectivity index (χ0) is 23.3. The van der Waals surface area contributed by atoms with E-state index in [1.165, 1.54) is 24.2 Å². The van der Waals surface area contributed by atoms with Crippen LogP contribution in [0.15, 0.2) is 53.6 Å². The van der Waals surface area contributed by atoms with E-state index in [1.807, 2.05) is 25.1 Å². The molecule has 3 aromatic rings. The molecule has 4 rings (SSSR count). The fourth-order valence-electron chi connectivity index (χ4n) is 3.67. The van der Waals surface area contributed by atoms with Crippen molar-refractivity contribution in [2.45, 2.75) is 24.7 Å². The first-order valence-electron chi connectivity index (χ1n) is 10.9. The number of nitrogens with one attached hydrogen (secondary N) is 2. The van der Waals surface area contributed by atoms with E-state index < -0.39 is 10.0 Å². The molecule has 7 nitrogen and oxygen atoms in total. The molecule has 0 radical (unpaired) electrons. The van der Waals surface area contributed by atoms with Crippen molar-refractivity contribution in [1.29, 1.82) is 0 Å².